The predicted molar refractivity (Wildman–Crippen MR) is 96.6 cm³/mol. The van der Waals surface area contributed by atoms with Crippen LogP contribution in [0, 0.1) is 39.9 Å². The van der Waals surface area contributed by atoms with Gasteiger partial charge in [-0.25, -0.2) is 13.2 Å². The van der Waals surface area contributed by atoms with Gasteiger partial charge in [0.05, 0.1) is 17.4 Å². The number of hydrogen-bond acceptors (Lipinski definition) is 4. The minimum atomic E-state index is -2.30. The maximum atomic E-state index is 13.3. The van der Waals surface area contributed by atoms with Gasteiger partial charge in [-0.3, -0.25) is 9.59 Å². The van der Waals surface area contributed by atoms with Crippen molar-refractivity contribution in [2.75, 3.05) is 6.61 Å². The van der Waals surface area contributed by atoms with Gasteiger partial charge in [-0.15, -0.1) is 0 Å². The van der Waals surface area contributed by atoms with Gasteiger partial charge in [0.15, 0.2) is 0 Å². The average Bonchev–Trinajstić information content (AvgIpc) is 2.68. The molecule has 166 valence electrons. The Labute approximate surface area is 167 Å². The molecule has 9 heteroatoms. The summed E-state index contributed by atoms with van der Waals surface area (Å²) in [7, 11) is 0. The van der Waals surface area contributed by atoms with Gasteiger partial charge in [0.1, 0.15) is 0 Å². The second-order valence-corrected chi connectivity index (χ2v) is 7.48. The molecular weight excluding hydrogens is 399 g/mol. The Hall–Kier alpha value is -2.19. The van der Waals surface area contributed by atoms with Crippen LogP contribution < -0.4 is 4.74 Å². The third-order valence-electron chi connectivity index (χ3n) is 4.51. The van der Waals surface area contributed by atoms with Crippen molar-refractivity contribution >= 4 is 11.9 Å². The molecular formula is C20H27F5O4. The van der Waals surface area contributed by atoms with E-state index in [4.69, 9.17) is 4.74 Å². The second-order valence-electron chi connectivity index (χ2n) is 7.48. The van der Waals surface area contributed by atoms with Crippen LogP contribution in [0.4, 0.5) is 22.0 Å². The molecule has 0 saturated heterocycles. The summed E-state index contributed by atoms with van der Waals surface area (Å²) in [6, 6.07) is 0. The lowest BCUT2D eigenvalue weighted by molar-refractivity contribution is -0.153. The lowest BCUT2D eigenvalue weighted by Gasteiger charge is -2.20. The van der Waals surface area contributed by atoms with Crippen molar-refractivity contribution in [3.63, 3.8) is 0 Å². The average molecular weight is 426 g/mol. The fourth-order valence-electron chi connectivity index (χ4n) is 1.52. The first-order valence-electron chi connectivity index (χ1n) is 9.08. The molecule has 29 heavy (non-hydrogen) atoms. The van der Waals surface area contributed by atoms with Crippen molar-refractivity contribution in [3.05, 3.63) is 29.1 Å². The molecule has 0 atom stereocenters. The number of carbonyl (C=O) groups excluding carboxylic acids is 2. The lowest BCUT2D eigenvalue weighted by atomic mass is 9.91. The van der Waals surface area contributed by atoms with E-state index in [0.29, 0.717) is 6.61 Å². The molecule has 0 amide bonds. The zero-order chi connectivity index (χ0) is 23.2. The highest BCUT2D eigenvalue weighted by Gasteiger charge is 2.33. The molecule has 1 rings (SSSR count). The van der Waals surface area contributed by atoms with E-state index in [-0.39, 0.29) is 17.8 Å². The minimum absolute atomic E-state index is 0.0995. The normalized spacial score (nSPS) is 11.4. The highest BCUT2D eigenvalue weighted by molar-refractivity contribution is 5.78. The number of rotatable bonds is 6. The molecule has 0 fully saturated rings. The number of ether oxygens (including phenoxy) is 2. The summed E-state index contributed by atoms with van der Waals surface area (Å²) >= 11 is 0. The van der Waals surface area contributed by atoms with E-state index in [0.717, 1.165) is 6.42 Å². The van der Waals surface area contributed by atoms with Crippen molar-refractivity contribution < 1.29 is 41.0 Å². The summed E-state index contributed by atoms with van der Waals surface area (Å²) in [5.41, 5.74) is -1.42. The van der Waals surface area contributed by atoms with Gasteiger partial charge in [-0.2, -0.15) is 8.78 Å². The van der Waals surface area contributed by atoms with Crippen LogP contribution in [0.5, 0.6) is 5.75 Å². The van der Waals surface area contributed by atoms with Crippen LogP contribution in [0.1, 0.15) is 61.3 Å². The molecule has 0 spiro atoms. The van der Waals surface area contributed by atoms with Crippen LogP contribution in [0.2, 0.25) is 0 Å². The number of carbonyl (C=O) groups is 2. The second kappa shape index (κ2) is 10.5. The molecule has 0 aromatic heterocycles. The smallest absolute Gasteiger partial charge is 0.317 e. The van der Waals surface area contributed by atoms with Crippen molar-refractivity contribution in [3.8, 4) is 5.75 Å². The monoisotopic (exact) mass is 426 g/mol. The predicted octanol–water partition coefficient (Wildman–Crippen LogP) is 5.71. The number of halogens is 5. The zero-order valence-electron chi connectivity index (χ0n) is 17.6. The Balaban J connectivity index is 0.000000665. The van der Waals surface area contributed by atoms with Gasteiger partial charge in [-0.05, 0) is 47.5 Å². The van der Waals surface area contributed by atoms with Crippen molar-refractivity contribution in [2.24, 2.45) is 10.8 Å². The van der Waals surface area contributed by atoms with Crippen LogP contribution in [-0.4, -0.2) is 18.5 Å². The lowest BCUT2D eigenvalue weighted by Crippen LogP contribution is -2.29. The standard InChI is InChI=1S/C12H11F5O2.C8H16O2/c1-4-12(2,3)11(18)19-10-8(16)6(14)5(13)7(15)9(10)17;1-5-8(3,4)7(9)10-6-2/h4H2,1-3H3;5-6H2,1-4H3. The van der Waals surface area contributed by atoms with Crippen molar-refractivity contribution in [1.29, 1.82) is 0 Å². The zero-order valence-corrected chi connectivity index (χ0v) is 17.6. The molecule has 0 unspecified atom stereocenters. The van der Waals surface area contributed by atoms with E-state index >= 15 is 0 Å². The Bertz CT molecular complexity index is 716. The number of benzene rings is 1. The summed E-state index contributed by atoms with van der Waals surface area (Å²) in [6.45, 7) is 12.5. The van der Waals surface area contributed by atoms with E-state index in [2.05, 4.69) is 4.74 Å². The van der Waals surface area contributed by atoms with E-state index in [1.165, 1.54) is 13.8 Å². The molecule has 0 bridgehead atoms. The highest BCUT2D eigenvalue weighted by atomic mass is 19.2. The first kappa shape index (κ1) is 26.8. The fraction of sp³-hybridized carbons (Fsp3) is 0.600. The molecule has 1 aromatic rings. The maximum absolute atomic E-state index is 13.3. The van der Waals surface area contributed by atoms with Crippen LogP contribution in [0.15, 0.2) is 0 Å². The summed E-state index contributed by atoms with van der Waals surface area (Å²) < 4.78 is 74.2. The molecule has 1 aromatic carbocycles. The molecule has 0 N–H and O–H groups in total. The van der Waals surface area contributed by atoms with Gasteiger partial charge < -0.3 is 9.47 Å². The Morgan fingerprint density at radius 2 is 1.03 bits per heavy atom. The van der Waals surface area contributed by atoms with Gasteiger partial charge in [-0.1, -0.05) is 13.8 Å². The van der Waals surface area contributed by atoms with E-state index in [9.17, 15) is 31.5 Å². The van der Waals surface area contributed by atoms with Crippen molar-refractivity contribution in [1.82, 2.24) is 0 Å². The molecule has 0 radical (unpaired) electrons. The van der Waals surface area contributed by atoms with Gasteiger partial charge in [0.25, 0.3) is 0 Å². The Morgan fingerprint density at radius 3 is 1.38 bits per heavy atom. The van der Waals surface area contributed by atoms with E-state index < -0.39 is 46.2 Å². The first-order chi connectivity index (χ1) is 13.2. The van der Waals surface area contributed by atoms with Gasteiger partial charge in [0, 0.05) is 0 Å². The quantitative estimate of drug-likeness (QED) is 0.192. The largest absolute Gasteiger partial charge is 0.466 e. The van der Waals surface area contributed by atoms with Crippen LogP contribution in [0.3, 0.4) is 0 Å². The maximum Gasteiger partial charge on any atom is 0.317 e. The summed E-state index contributed by atoms with van der Waals surface area (Å²) in [5.74, 6) is -13.7. The summed E-state index contributed by atoms with van der Waals surface area (Å²) in [4.78, 5) is 22.7. The molecule has 0 saturated carbocycles. The third-order valence-corrected chi connectivity index (χ3v) is 4.51. The first-order valence-corrected chi connectivity index (χ1v) is 9.08. The summed E-state index contributed by atoms with van der Waals surface area (Å²) in [5, 5.41) is 0. The topological polar surface area (TPSA) is 52.6 Å². The Morgan fingerprint density at radius 1 is 0.690 bits per heavy atom. The third kappa shape index (κ3) is 6.68. The molecule has 0 heterocycles. The van der Waals surface area contributed by atoms with Crippen LogP contribution >= 0.6 is 0 Å². The van der Waals surface area contributed by atoms with Gasteiger partial charge in [0.2, 0.25) is 34.8 Å². The fourth-order valence-corrected chi connectivity index (χ4v) is 1.52. The van der Waals surface area contributed by atoms with Gasteiger partial charge >= 0.3 is 11.9 Å². The molecule has 4 nitrogen and oxygen atoms in total. The minimum Gasteiger partial charge on any atom is -0.466 e. The number of hydrogen-bond donors (Lipinski definition) is 0. The SMILES string of the molecule is CCC(C)(C)C(=O)Oc1c(F)c(F)c(F)c(F)c1F.CCOC(=O)C(C)(C)CC. The highest BCUT2D eigenvalue weighted by Crippen LogP contribution is 2.31. The molecule has 0 aliphatic rings. The van der Waals surface area contributed by atoms with Crippen molar-refractivity contribution in [2.45, 2.75) is 61.3 Å². The van der Waals surface area contributed by atoms with Crippen LogP contribution in [-0.2, 0) is 14.3 Å². The summed E-state index contributed by atoms with van der Waals surface area (Å²) in [6.07, 6.45) is 1.09. The molecule has 0 aliphatic carbocycles. The number of esters is 2. The Kier molecular flexibility index (Phi) is 9.75. The van der Waals surface area contributed by atoms with E-state index in [1.54, 1.807) is 6.92 Å². The van der Waals surface area contributed by atoms with E-state index in [1.807, 2.05) is 27.7 Å². The molecule has 0 aliphatic heterocycles. The van der Waals surface area contributed by atoms with Crippen LogP contribution in [0.25, 0.3) is 0 Å².